The number of allylic oxidation sites excluding steroid dienone is 2. The molecule has 3 N–H and O–H groups in total. The molecule has 184 valence electrons. The van der Waals surface area contributed by atoms with Gasteiger partial charge in [0.2, 0.25) is 0 Å². The number of rotatable bonds is 9. The highest BCUT2D eigenvalue weighted by Crippen LogP contribution is 2.32. The predicted octanol–water partition coefficient (Wildman–Crippen LogP) is 5.67. The van der Waals surface area contributed by atoms with Gasteiger partial charge in [-0.25, -0.2) is 0 Å². The number of nitrogens with zero attached hydrogens (tertiary/aromatic N) is 1. The molecular formula is C28H25Cl2N3O3. The summed E-state index contributed by atoms with van der Waals surface area (Å²) in [4.78, 5) is 26.4. The summed E-state index contributed by atoms with van der Waals surface area (Å²) in [6.07, 6.45) is 8.22. The van der Waals surface area contributed by atoms with Gasteiger partial charge in [-0.05, 0) is 46.5 Å². The van der Waals surface area contributed by atoms with Crippen LogP contribution in [0, 0.1) is 0 Å². The van der Waals surface area contributed by atoms with E-state index in [1.807, 2.05) is 48.6 Å². The van der Waals surface area contributed by atoms with Crippen LogP contribution in [0.3, 0.4) is 0 Å². The molecule has 0 saturated heterocycles. The first kappa shape index (κ1) is 25.6. The van der Waals surface area contributed by atoms with Crippen LogP contribution in [0.25, 0.3) is 16.7 Å². The van der Waals surface area contributed by atoms with Crippen molar-refractivity contribution in [3.63, 3.8) is 0 Å². The fourth-order valence-corrected chi connectivity index (χ4v) is 4.25. The summed E-state index contributed by atoms with van der Waals surface area (Å²) in [7, 11) is 0. The van der Waals surface area contributed by atoms with Crippen molar-refractivity contribution in [2.45, 2.75) is 24.4 Å². The molecule has 4 rings (SSSR count). The van der Waals surface area contributed by atoms with Gasteiger partial charge in [0.05, 0.1) is 6.42 Å². The first-order valence-corrected chi connectivity index (χ1v) is 12.2. The van der Waals surface area contributed by atoms with Gasteiger partial charge < -0.3 is 10.4 Å². The van der Waals surface area contributed by atoms with Crippen molar-refractivity contribution in [3.05, 3.63) is 107 Å². The molecule has 1 aliphatic rings. The summed E-state index contributed by atoms with van der Waals surface area (Å²) in [5, 5.41) is 15.3. The zero-order chi connectivity index (χ0) is 25.5. The van der Waals surface area contributed by atoms with Crippen molar-refractivity contribution in [3.8, 4) is 11.1 Å². The zero-order valence-electron chi connectivity index (χ0n) is 19.4. The lowest BCUT2D eigenvalue weighted by atomic mass is 9.96. The Morgan fingerprint density at radius 1 is 1.06 bits per heavy atom. The van der Waals surface area contributed by atoms with E-state index in [1.165, 1.54) is 0 Å². The van der Waals surface area contributed by atoms with E-state index >= 15 is 0 Å². The number of hydrogen-bond acceptors (Lipinski definition) is 4. The molecule has 36 heavy (non-hydrogen) atoms. The lowest BCUT2D eigenvalue weighted by Crippen LogP contribution is -2.38. The Balaban J connectivity index is 1.44. The number of halogens is 2. The number of alkyl halides is 1. The van der Waals surface area contributed by atoms with E-state index in [9.17, 15) is 9.59 Å². The Hall–Kier alpha value is -3.45. The highest BCUT2D eigenvalue weighted by atomic mass is 35.5. The topological polar surface area (TPSA) is 91.3 Å². The van der Waals surface area contributed by atoms with E-state index in [-0.39, 0.29) is 18.7 Å². The summed E-state index contributed by atoms with van der Waals surface area (Å²) in [5.74, 6) is -1.40. The molecule has 0 radical (unpaired) electrons. The van der Waals surface area contributed by atoms with Crippen molar-refractivity contribution in [1.29, 1.82) is 0 Å². The molecule has 1 aromatic heterocycles. The van der Waals surface area contributed by atoms with Gasteiger partial charge in [0.15, 0.2) is 0 Å². The largest absolute Gasteiger partial charge is 0.481 e. The van der Waals surface area contributed by atoms with Gasteiger partial charge in [-0.2, -0.15) is 0 Å². The van der Waals surface area contributed by atoms with E-state index in [4.69, 9.17) is 28.3 Å². The first-order valence-electron chi connectivity index (χ1n) is 11.5. The number of aromatic nitrogens is 1. The van der Waals surface area contributed by atoms with Gasteiger partial charge in [-0.1, -0.05) is 77.8 Å². The van der Waals surface area contributed by atoms with E-state index in [0.717, 1.165) is 27.8 Å². The number of carboxylic acid groups (broad SMARTS) is 1. The number of aliphatic carboxylic acids is 1. The maximum absolute atomic E-state index is 12.2. The van der Waals surface area contributed by atoms with Crippen molar-refractivity contribution in [2.75, 3.05) is 6.54 Å². The number of carbonyl (C=O) groups excluding carboxylic acids is 1. The number of pyridine rings is 1. The summed E-state index contributed by atoms with van der Waals surface area (Å²) in [6, 6.07) is 19.2. The Labute approximate surface area is 219 Å². The molecule has 3 aromatic rings. The fourth-order valence-electron chi connectivity index (χ4n) is 3.87. The smallest absolute Gasteiger partial charge is 0.305 e. The van der Waals surface area contributed by atoms with Crippen LogP contribution in [0.2, 0.25) is 5.02 Å². The van der Waals surface area contributed by atoms with E-state index < -0.39 is 16.9 Å². The van der Waals surface area contributed by atoms with Crippen LogP contribution in [0.1, 0.15) is 34.5 Å². The summed E-state index contributed by atoms with van der Waals surface area (Å²) in [6.45, 7) is 0.532. The van der Waals surface area contributed by atoms with Crippen LogP contribution in [0.15, 0.2) is 85.1 Å². The quantitative estimate of drug-likeness (QED) is 0.249. The van der Waals surface area contributed by atoms with Crippen LogP contribution in [0.4, 0.5) is 0 Å². The number of nitrogens with one attached hydrogen (secondary N) is 2. The number of carboxylic acids is 1. The Morgan fingerprint density at radius 2 is 1.86 bits per heavy atom. The van der Waals surface area contributed by atoms with Gasteiger partial charge in [-0.15, -0.1) is 0 Å². The van der Waals surface area contributed by atoms with Crippen LogP contribution in [-0.4, -0.2) is 33.5 Å². The first-order chi connectivity index (χ1) is 17.3. The normalized spacial score (nSPS) is 16.9. The second-order valence-corrected chi connectivity index (χ2v) is 9.52. The average molecular weight is 522 g/mol. The van der Waals surface area contributed by atoms with Gasteiger partial charge in [-0.3, -0.25) is 19.9 Å². The molecule has 1 heterocycles. The predicted molar refractivity (Wildman–Crippen MR) is 143 cm³/mol. The summed E-state index contributed by atoms with van der Waals surface area (Å²) >= 11 is 13.1. The Kier molecular flexibility index (Phi) is 8.21. The standard InChI is InChI=1S/C28H25Cl2N3O3/c29-23-8-6-22(18-33-28(30)13-10-20(11-14-28)19-4-2-1-3-5-19)24(16-23)21-7-9-25(32-17-21)27(36)31-15-12-26(34)35/h1-11,13,16-17,33H,12,14-15,18H2,(H,31,36)(H,34,35). The van der Waals surface area contributed by atoms with E-state index in [1.54, 1.807) is 18.3 Å². The summed E-state index contributed by atoms with van der Waals surface area (Å²) < 4.78 is 0. The lowest BCUT2D eigenvalue weighted by molar-refractivity contribution is -0.136. The molecule has 0 fully saturated rings. The Morgan fingerprint density at radius 3 is 2.53 bits per heavy atom. The maximum atomic E-state index is 12.2. The van der Waals surface area contributed by atoms with Gasteiger partial charge >= 0.3 is 5.97 Å². The molecule has 1 amide bonds. The van der Waals surface area contributed by atoms with E-state index in [2.05, 4.69) is 33.8 Å². The Bertz CT molecular complexity index is 1310. The average Bonchev–Trinajstić information content (AvgIpc) is 2.89. The third-order valence-corrected chi connectivity index (χ3v) is 6.48. The lowest BCUT2D eigenvalue weighted by Gasteiger charge is -2.28. The SMILES string of the molecule is O=C(O)CCNC(=O)c1ccc(-c2cc(Cl)ccc2CNC2(Cl)C=CC(c3ccccc3)=CC2)cn1. The number of amides is 1. The van der Waals surface area contributed by atoms with Gasteiger partial charge in [0, 0.05) is 36.3 Å². The van der Waals surface area contributed by atoms with Gasteiger partial charge in [0.1, 0.15) is 10.7 Å². The summed E-state index contributed by atoms with van der Waals surface area (Å²) in [5.41, 5.74) is 5.15. The van der Waals surface area contributed by atoms with E-state index in [0.29, 0.717) is 18.0 Å². The van der Waals surface area contributed by atoms with Crippen molar-refractivity contribution in [1.82, 2.24) is 15.6 Å². The second-order valence-electron chi connectivity index (χ2n) is 8.41. The molecule has 0 saturated carbocycles. The van der Waals surface area contributed by atoms with Crippen molar-refractivity contribution in [2.24, 2.45) is 0 Å². The third-order valence-electron chi connectivity index (χ3n) is 5.83. The minimum absolute atomic E-state index is 0.0400. The van der Waals surface area contributed by atoms with Gasteiger partial charge in [0.25, 0.3) is 5.91 Å². The molecule has 6 nitrogen and oxygen atoms in total. The fraction of sp³-hybridized carbons (Fsp3) is 0.179. The molecule has 0 bridgehead atoms. The molecule has 1 unspecified atom stereocenters. The molecule has 8 heteroatoms. The zero-order valence-corrected chi connectivity index (χ0v) is 20.9. The molecule has 2 aromatic carbocycles. The number of hydrogen-bond donors (Lipinski definition) is 3. The second kappa shape index (κ2) is 11.5. The monoisotopic (exact) mass is 521 g/mol. The molecular weight excluding hydrogens is 497 g/mol. The molecule has 1 atom stereocenters. The number of benzene rings is 2. The van der Waals surface area contributed by atoms with Crippen molar-refractivity contribution < 1.29 is 14.7 Å². The van der Waals surface area contributed by atoms with Crippen LogP contribution in [0.5, 0.6) is 0 Å². The highest BCUT2D eigenvalue weighted by Gasteiger charge is 2.25. The third kappa shape index (κ3) is 6.61. The minimum Gasteiger partial charge on any atom is -0.481 e. The minimum atomic E-state index is -0.976. The molecule has 0 spiro atoms. The van der Waals surface area contributed by atoms with Crippen LogP contribution in [-0.2, 0) is 11.3 Å². The number of carbonyl (C=O) groups is 2. The van der Waals surface area contributed by atoms with Crippen molar-refractivity contribution >= 4 is 40.7 Å². The maximum Gasteiger partial charge on any atom is 0.305 e. The molecule has 0 aliphatic heterocycles. The van der Waals surface area contributed by atoms with Crippen LogP contribution >= 0.6 is 23.2 Å². The highest BCUT2D eigenvalue weighted by molar-refractivity contribution is 6.31. The van der Waals surface area contributed by atoms with Crippen LogP contribution < -0.4 is 10.6 Å². The molecule has 1 aliphatic carbocycles.